The van der Waals surface area contributed by atoms with Gasteiger partial charge >= 0.3 is 5.63 Å². The van der Waals surface area contributed by atoms with Crippen molar-refractivity contribution in [3.8, 4) is 5.75 Å². The number of carbonyl (C=O) groups excluding carboxylic acids is 1. The summed E-state index contributed by atoms with van der Waals surface area (Å²) in [6.07, 6.45) is 0. The fourth-order valence-electron chi connectivity index (χ4n) is 3.83. The second kappa shape index (κ2) is 8.99. The van der Waals surface area contributed by atoms with E-state index in [0.29, 0.717) is 11.3 Å². The molecule has 0 unspecified atom stereocenters. The molecule has 1 amide bonds. The van der Waals surface area contributed by atoms with Crippen LogP contribution in [-0.4, -0.2) is 56.3 Å². The molecule has 1 aliphatic heterocycles. The Hall–Kier alpha value is -3.17. The second-order valence-electron chi connectivity index (χ2n) is 8.23. The van der Waals surface area contributed by atoms with E-state index in [2.05, 4.69) is 0 Å². The van der Waals surface area contributed by atoms with E-state index in [-0.39, 0.29) is 43.6 Å². The molecule has 1 aromatic heterocycles. The minimum atomic E-state index is -3.61. The number of hydrogen-bond donors (Lipinski definition) is 0. The first kappa shape index (κ1) is 23.0. The topological polar surface area (TPSA) is 97.1 Å². The number of fused-ring (bicyclic) bond motifs is 1. The van der Waals surface area contributed by atoms with Crippen molar-refractivity contribution in [1.29, 1.82) is 0 Å². The molecule has 1 fully saturated rings. The van der Waals surface area contributed by atoms with Crippen LogP contribution in [0.5, 0.6) is 5.75 Å². The van der Waals surface area contributed by atoms with Crippen molar-refractivity contribution in [3.05, 3.63) is 69.6 Å². The number of nitrogens with zero attached hydrogens (tertiary/aromatic N) is 2. The van der Waals surface area contributed by atoms with Gasteiger partial charge in [-0.1, -0.05) is 6.07 Å². The zero-order chi connectivity index (χ0) is 23.8. The van der Waals surface area contributed by atoms with Crippen molar-refractivity contribution in [2.45, 2.75) is 25.7 Å². The first-order valence-corrected chi connectivity index (χ1v) is 12.1. The molecule has 4 rings (SSSR count). The first-order valence-electron chi connectivity index (χ1n) is 10.7. The molecule has 3 aromatic rings. The van der Waals surface area contributed by atoms with Crippen molar-refractivity contribution >= 4 is 26.9 Å². The van der Waals surface area contributed by atoms with Gasteiger partial charge in [-0.3, -0.25) is 4.79 Å². The van der Waals surface area contributed by atoms with Gasteiger partial charge in [0.25, 0.3) is 5.91 Å². The van der Waals surface area contributed by atoms with Gasteiger partial charge in [0.1, 0.15) is 11.3 Å². The van der Waals surface area contributed by atoms with Crippen LogP contribution in [0, 0.1) is 20.8 Å². The first-order chi connectivity index (χ1) is 15.6. The summed E-state index contributed by atoms with van der Waals surface area (Å²) in [6.45, 7) is 6.48. The summed E-state index contributed by atoms with van der Waals surface area (Å²) in [6, 6.07) is 11.6. The maximum absolute atomic E-state index is 13.0. The van der Waals surface area contributed by atoms with Crippen LogP contribution in [0.3, 0.4) is 0 Å². The molecule has 0 aliphatic carbocycles. The molecule has 0 atom stereocenters. The molecule has 0 saturated carbocycles. The number of hydrogen-bond acceptors (Lipinski definition) is 6. The number of amides is 1. The van der Waals surface area contributed by atoms with Gasteiger partial charge in [0, 0.05) is 43.7 Å². The van der Waals surface area contributed by atoms with E-state index < -0.39 is 15.6 Å². The zero-order valence-electron chi connectivity index (χ0n) is 18.8. The van der Waals surface area contributed by atoms with Crippen LogP contribution in [-0.2, 0) is 14.8 Å². The zero-order valence-corrected chi connectivity index (χ0v) is 19.6. The largest absolute Gasteiger partial charge is 0.484 e. The molecule has 0 bridgehead atoms. The highest BCUT2D eigenvalue weighted by atomic mass is 32.2. The third-order valence-corrected chi connectivity index (χ3v) is 7.89. The predicted molar refractivity (Wildman–Crippen MR) is 124 cm³/mol. The number of sulfonamides is 1. The molecule has 174 valence electrons. The monoisotopic (exact) mass is 470 g/mol. The lowest BCUT2D eigenvalue weighted by Crippen LogP contribution is -2.51. The van der Waals surface area contributed by atoms with Gasteiger partial charge in [0.2, 0.25) is 10.0 Å². The smallest absolute Gasteiger partial charge is 0.336 e. The maximum atomic E-state index is 13.0. The third kappa shape index (κ3) is 4.79. The summed E-state index contributed by atoms with van der Waals surface area (Å²) in [5.41, 5.74) is 2.72. The van der Waals surface area contributed by atoms with Crippen molar-refractivity contribution in [1.82, 2.24) is 9.21 Å². The number of carbonyl (C=O) groups is 1. The Morgan fingerprint density at radius 1 is 0.939 bits per heavy atom. The molecule has 0 spiro atoms. The molecular formula is C24H26N2O6S. The highest BCUT2D eigenvalue weighted by Crippen LogP contribution is 2.23. The van der Waals surface area contributed by atoms with Crippen LogP contribution in [0.25, 0.3) is 11.0 Å². The van der Waals surface area contributed by atoms with E-state index in [1.807, 2.05) is 20.8 Å². The Balaban J connectivity index is 1.36. The van der Waals surface area contributed by atoms with E-state index in [0.717, 1.165) is 22.1 Å². The highest BCUT2D eigenvalue weighted by molar-refractivity contribution is 7.89. The molecule has 2 aromatic carbocycles. The molecule has 8 nitrogen and oxygen atoms in total. The summed E-state index contributed by atoms with van der Waals surface area (Å²) >= 11 is 0. The number of piperazine rings is 1. The fourth-order valence-corrected chi connectivity index (χ4v) is 5.34. The Kier molecular flexibility index (Phi) is 6.27. The summed E-state index contributed by atoms with van der Waals surface area (Å²) in [4.78, 5) is 26.1. The van der Waals surface area contributed by atoms with E-state index in [4.69, 9.17) is 9.15 Å². The molecular weight excluding hydrogens is 444 g/mol. The van der Waals surface area contributed by atoms with Gasteiger partial charge in [0.05, 0.1) is 4.90 Å². The van der Waals surface area contributed by atoms with Crippen LogP contribution in [0.4, 0.5) is 0 Å². The molecule has 2 heterocycles. The molecule has 0 radical (unpaired) electrons. The molecule has 1 aliphatic rings. The highest BCUT2D eigenvalue weighted by Gasteiger charge is 2.30. The second-order valence-corrected chi connectivity index (χ2v) is 10.2. The molecule has 0 N–H and O–H groups in total. The maximum Gasteiger partial charge on any atom is 0.336 e. The van der Waals surface area contributed by atoms with Crippen LogP contribution in [0.15, 0.2) is 56.6 Å². The third-order valence-electron chi connectivity index (χ3n) is 5.99. The summed E-state index contributed by atoms with van der Waals surface area (Å²) in [5.74, 6) is 0.185. The average molecular weight is 471 g/mol. The Bertz CT molecular complexity index is 1370. The van der Waals surface area contributed by atoms with E-state index in [1.54, 1.807) is 41.3 Å². The summed E-state index contributed by atoms with van der Waals surface area (Å²) < 4.78 is 38.1. The van der Waals surface area contributed by atoms with Gasteiger partial charge in [0.15, 0.2) is 6.61 Å². The minimum absolute atomic E-state index is 0.189. The minimum Gasteiger partial charge on any atom is -0.484 e. The summed E-state index contributed by atoms with van der Waals surface area (Å²) in [7, 11) is -3.61. The lowest BCUT2D eigenvalue weighted by Gasteiger charge is -2.34. The Labute approximate surface area is 192 Å². The lowest BCUT2D eigenvalue weighted by atomic mass is 10.1. The van der Waals surface area contributed by atoms with E-state index >= 15 is 0 Å². The molecule has 33 heavy (non-hydrogen) atoms. The normalized spacial score (nSPS) is 15.1. The van der Waals surface area contributed by atoms with Gasteiger partial charge < -0.3 is 14.1 Å². The van der Waals surface area contributed by atoms with Crippen molar-refractivity contribution in [2.24, 2.45) is 0 Å². The Morgan fingerprint density at radius 3 is 2.36 bits per heavy atom. The molecule has 1 saturated heterocycles. The van der Waals surface area contributed by atoms with Gasteiger partial charge in [-0.05, 0) is 61.7 Å². The van der Waals surface area contributed by atoms with Gasteiger partial charge in [-0.15, -0.1) is 0 Å². The standard InChI is InChI=1S/C24H26N2O6S/c1-16-4-6-20(12-17(16)2)33(29,30)26-10-8-25(9-11-26)23(27)15-31-19-5-7-21-18(3)13-24(28)32-22(21)14-19/h4-7,12-14H,8-11,15H2,1-3H3. The van der Waals surface area contributed by atoms with Gasteiger partial charge in [-0.25, -0.2) is 13.2 Å². The number of aryl methyl sites for hydroxylation is 3. The van der Waals surface area contributed by atoms with Crippen molar-refractivity contribution in [2.75, 3.05) is 32.8 Å². The number of rotatable bonds is 5. The van der Waals surface area contributed by atoms with E-state index in [9.17, 15) is 18.0 Å². The average Bonchev–Trinajstić information content (AvgIpc) is 2.79. The Morgan fingerprint density at radius 2 is 1.67 bits per heavy atom. The van der Waals surface area contributed by atoms with Crippen LogP contribution in [0.1, 0.15) is 16.7 Å². The van der Waals surface area contributed by atoms with Crippen LogP contribution < -0.4 is 10.4 Å². The lowest BCUT2D eigenvalue weighted by molar-refractivity contribution is -0.134. The quantitative estimate of drug-likeness (QED) is 0.532. The van der Waals surface area contributed by atoms with Crippen LogP contribution >= 0.6 is 0 Å². The molecule has 9 heteroatoms. The number of benzene rings is 2. The summed E-state index contributed by atoms with van der Waals surface area (Å²) in [5, 5.41) is 0.800. The predicted octanol–water partition coefficient (Wildman–Crippen LogP) is 2.63. The van der Waals surface area contributed by atoms with Gasteiger partial charge in [-0.2, -0.15) is 4.31 Å². The van der Waals surface area contributed by atoms with Crippen molar-refractivity contribution < 1.29 is 22.4 Å². The fraction of sp³-hybridized carbons (Fsp3) is 0.333. The number of ether oxygens (including phenoxy) is 1. The SMILES string of the molecule is Cc1ccc(S(=O)(=O)N2CCN(C(=O)COc3ccc4c(C)cc(=O)oc4c3)CC2)cc1C. The van der Waals surface area contributed by atoms with Crippen LogP contribution in [0.2, 0.25) is 0 Å². The van der Waals surface area contributed by atoms with E-state index in [1.165, 1.54) is 10.4 Å². The van der Waals surface area contributed by atoms with Crippen molar-refractivity contribution in [3.63, 3.8) is 0 Å².